The number of aryl methyl sites for hydroxylation is 1. The Morgan fingerprint density at radius 2 is 1.76 bits per heavy atom. The Balaban J connectivity index is 1.78. The number of fused-ring (bicyclic) bond motifs is 1. The first-order valence-electron chi connectivity index (χ1n) is 8.22. The minimum absolute atomic E-state index is 0.464. The number of pyridine rings is 1. The average molecular weight is 308 g/mol. The summed E-state index contributed by atoms with van der Waals surface area (Å²) < 4.78 is 2.25. The fourth-order valence-electron chi connectivity index (χ4n) is 2.79. The summed E-state index contributed by atoms with van der Waals surface area (Å²) in [5.41, 5.74) is 2.11. The molecule has 116 valence electrons. The molecule has 0 aromatic carbocycles. The van der Waals surface area contributed by atoms with Crippen molar-refractivity contribution in [3.05, 3.63) is 24.3 Å². The maximum absolute atomic E-state index is 6.01. The highest BCUT2D eigenvalue weighted by atomic mass is 35.5. The van der Waals surface area contributed by atoms with Gasteiger partial charge in [-0.3, -0.25) is 4.98 Å². The number of alkyl halides is 1. The molecule has 0 aliphatic carbocycles. The van der Waals surface area contributed by atoms with E-state index in [-0.39, 0.29) is 0 Å². The summed E-state index contributed by atoms with van der Waals surface area (Å²) in [6.45, 7) is 3.27. The predicted molar refractivity (Wildman–Crippen MR) is 89.7 cm³/mol. The van der Waals surface area contributed by atoms with Gasteiger partial charge in [0.05, 0.1) is 17.6 Å². The van der Waals surface area contributed by atoms with E-state index < -0.39 is 0 Å². The van der Waals surface area contributed by atoms with Crippen molar-refractivity contribution in [2.75, 3.05) is 0 Å². The maximum atomic E-state index is 6.01. The summed E-state index contributed by atoms with van der Waals surface area (Å²) in [6.07, 6.45) is 14.3. The van der Waals surface area contributed by atoms with Gasteiger partial charge in [0.2, 0.25) is 0 Å². The van der Waals surface area contributed by atoms with E-state index in [9.17, 15) is 0 Å². The lowest BCUT2D eigenvalue weighted by molar-refractivity contribution is 0.543. The number of rotatable bonds is 10. The van der Waals surface area contributed by atoms with Crippen molar-refractivity contribution < 1.29 is 0 Å². The molecule has 0 spiro atoms. The van der Waals surface area contributed by atoms with Crippen LogP contribution in [0, 0.1) is 0 Å². The van der Waals surface area contributed by atoms with Crippen LogP contribution in [0.15, 0.2) is 18.5 Å². The number of hydrogen-bond donors (Lipinski definition) is 0. The third-order valence-corrected chi connectivity index (χ3v) is 4.22. The molecule has 0 bridgehead atoms. The Bertz CT molecular complexity index is 536. The van der Waals surface area contributed by atoms with Gasteiger partial charge in [-0.05, 0) is 12.5 Å². The minimum Gasteiger partial charge on any atom is -0.327 e. The van der Waals surface area contributed by atoms with Crippen LogP contribution in [0.3, 0.4) is 0 Å². The number of imidazole rings is 1. The summed E-state index contributed by atoms with van der Waals surface area (Å²) in [5.74, 6) is 1.42. The van der Waals surface area contributed by atoms with E-state index in [2.05, 4.69) is 21.5 Å². The summed E-state index contributed by atoms with van der Waals surface area (Å²) in [7, 11) is 0. The zero-order valence-corrected chi connectivity index (χ0v) is 13.8. The molecule has 0 unspecified atom stereocenters. The molecule has 2 aromatic rings. The van der Waals surface area contributed by atoms with Gasteiger partial charge in [0.1, 0.15) is 11.3 Å². The van der Waals surface area contributed by atoms with E-state index in [0.29, 0.717) is 5.88 Å². The molecule has 2 heterocycles. The molecular formula is C17H26ClN3. The fraction of sp³-hybridized carbons (Fsp3) is 0.647. The van der Waals surface area contributed by atoms with Gasteiger partial charge in [-0.25, -0.2) is 4.98 Å². The van der Waals surface area contributed by atoms with Crippen molar-refractivity contribution in [1.29, 1.82) is 0 Å². The largest absolute Gasteiger partial charge is 0.327 e. The van der Waals surface area contributed by atoms with Crippen LogP contribution in [0.1, 0.15) is 64.1 Å². The van der Waals surface area contributed by atoms with Crippen molar-refractivity contribution in [2.45, 2.75) is 70.7 Å². The van der Waals surface area contributed by atoms with Crippen molar-refractivity contribution in [3.63, 3.8) is 0 Å². The van der Waals surface area contributed by atoms with Gasteiger partial charge in [-0.15, -0.1) is 11.6 Å². The molecule has 2 rings (SSSR count). The van der Waals surface area contributed by atoms with Crippen molar-refractivity contribution in [2.24, 2.45) is 0 Å². The van der Waals surface area contributed by atoms with Crippen molar-refractivity contribution in [1.82, 2.24) is 14.5 Å². The molecule has 0 aliphatic rings. The molecule has 0 fully saturated rings. The predicted octanol–water partition coefficient (Wildman–Crippen LogP) is 5.31. The Labute approximate surface area is 132 Å². The fourth-order valence-corrected chi connectivity index (χ4v) is 2.99. The second kappa shape index (κ2) is 9.04. The molecule has 4 heteroatoms. The average Bonchev–Trinajstić information content (AvgIpc) is 2.88. The normalized spacial score (nSPS) is 11.3. The highest BCUT2D eigenvalue weighted by Crippen LogP contribution is 2.18. The van der Waals surface area contributed by atoms with Crippen LogP contribution in [0.4, 0.5) is 0 Å². The monoisotopic (exact) mass is 307 g/mol. The minimum atomic E-state index is 0.464. The zero-order chi connectivity index (χ0) is 14.9. The van der Waals surface area contributed by atoms with Gasteiger partial charge in [-0.1, -0.05) is 51.9 Å². The zero-order valence-electron chi connectivity index (χ0n) is 13.0. The third kappa shape index (κ3) is 4.70. The van der Waals surface area contributed by atoms with E-state index in [0.717, 1.165) is 23.4 Å². The van der Waals surface area contributed by atoms with E-state index in [1.807, 2.05) is 18.5 Å². The molecule has 0 N–H and O–H groups in total. The van der Waals surface area contributed by atoms with Gasteiger partial charge in [0, 0.05) is 12.7 Å². The van der Waals surface area contributed by atoms with Gasteiger partial charge in [0.25, 0.3) is 0 Å². The SMILES string of the molecule is CCCCCCCCCCn1c(CCl)nc2cnccc21. The first kappa shape index (κ1) is 16.3. The van der Waals surface area contributed by atoms with Crippen LogP contribution in [0.2, 0.25) is 0 Å². The summed E-state index contributed by atoms with van der Waals surface area (Å²) in [6, 6.07) is 2.03. The van der Waals surface area contributed by atoms with Crippen LogP contribution in [0.5, 0.6) is 0 Å². The number of nitrogens with zero attached hydrogens (tertiary/aromatic N) is 3. The standard InChI is InChI=1S/C17H26ClN3/c1-2-3-4-5-6-7-8-9-12-21-16-10-11-19-14-15(16)20-17(21)13-18/h10-11,14H,2-9,12-13H2,1H3. The van der Waals surface area contributed by atoms with Gasteiger partial charge < -0.3 is 4.57 Å². The van der Waals surface area contributed by atoms with Crippen LogP contribution in [0.25, 0.3) is 11.0 Å². The quantitative estimate of drug-likeness (QED) is 0.440. The highest BCUT2D eigenvalue weighted by molar-refractivity contribution is 6.16. The Kier molecular flexibility index (Phi) is 7.01. The van der Waals surface area contributed by atoms with Gasteiger partial charge >= 0.3 is 0 Å². The lowest BCUT2D eigenvalue weighted by Crippen LogP contribution is -2.02. The van der Waals surface area contributed by atoms with Gasteiger partial charge in [-0.2, -0.15) is 0 Å². The number of unbranched alkanes of at least 4 members (excludes halogenated alkanes) is 7. The molecule has 3 nitrogen and oxygen atoms in total. The summed E-state index contributed by atoms with van der Waals surface area (Å²) in [4.78, 5) is 8.68. The highest BCUT2D eigenvalue weighted by Gasteiger charge is 2.09. The Morgan fingerprint density at radius 3 is 2.48 bits per heavy atom. The second-order valence-electron chi connectivity index (χ2n) is 5.65. The maximum Gasteiger partial charge on any atom is 0.124 e. The van der Waals surface area contributed by atoms with Crippen LogP contribution in [-0.2, 0) is 12.4 Å². The van der Waals surface area contributed by atoms with Gasteiger partial charge in [0.15, 0.2) is 0 Å². The molecule has 0 atom stereocenters. The smallest absolute Gasteiger partial charge is 0.124 e. The van der Waals surface area contributed by atoms with E-state index in [4.69, 9.17) is 11.6 Å². The number of aromatic nitrogens is 3. The van der Waals surface area contributed by atoms with Crippen LogP contribution < -0.4 is 0 Å². The van der Waals surface area contributed by atoms with Crippen molar-refractivity contribution in [3.8, 4) is 0 Å². The molecule has 0 radical (unpaired) electrons. The second-order valence-corrected chi connectivity index (χ2v) is 5.92. The topological polar surface area (TPSA) is 30.7 Å². The van der Waals surface area contributed by atoms with E-state index in [1.54, 1.807) is 0 Å². The molecule has 0 saturated heterocycles. The van der Waals surface area contributed by atoms with Crippen molar-refractivity contribution >= 4 is 22.6 Å². The first-order valence-corrected chi connectivity index (χ1v) is 8.75. The Hall–Kier alpha value is -1.09. The lowest BCUT2D eigenvalue weighted by Gasteiger charge is -2.07. The summed E-state index contributed by atoms with van der Waals surface area (Å²) >= 11 is 6.01. The van der Waals surface area contributed by atoms with E-state index in [1.165, 1.54) is 51.4 Å². The van der Waals surface area contributed by atoms with Crippen LogP contribution >= 0.6 is 11.6 Å². The molecule has 0 aliphatic heterocycles. The molecule has 2 aromatic heterocycles. The van der Waals surface area contributed by atoms with Crippen LogP contribution in [-0.4, -0.2) is 14.5 Å². The lowest BCUT2D eigenvalue weighted by atomic mass is 10.1. The molecule has 21 heavy (non-hydrogen) atoms. The number of hydrogen-bond acceptors (Lipinski definition) is 2. The molecule has 0 saturated carbocycles. The summed E-state index contributed by atoms with van der Waals surface area (Å²) in [5, 5.41) is 0. The molecule has 0 amide bonds. The third-order valence-electron chi connectivity index (χ3n) is 3.98. The number of halogens is 1. The Morgan fingerprint density at radius 1 is 1.05 bits per heavy atom. The molecular weight excluding hydrogens is 282 g/mol. The van der Waals surface area contributed by atoms with E-state index >= 15 is 0 Å². The first-order chi connectivity index (χ1) is 10.4.